The highest BCUT2D eigenvalue weighted by molar-refractivity contribution is 5.75. The third-order valence-corrected chi connectivity index (χ3v) is 3.21. The van der Waals surface area contributed by atoms with E-state index in [-0.39, 0.29) is 6.29 Å². The quantitative estimate of drug-likeness (QED) is 0.673. The van der Waals surface area contributed by atoms with Crippen molar-refractivity contribution in [1.29, 1.82) is 0 Å². The number of alkyl halides is 3. The fourth-order valence-corrected chi connectivity index (χ4v) is 1.89. The molecule has 1 saturated heterocycles. The Kier molecular flexibility index (Phi) is 6.29. The van der Waals surface area contributed by atoms with E-state index in [4.69, 9.17) is 0 Å². The summed E-state index contributed by atoms with van der Waals surface area (Å²) in [5, 5.41) is 3.31. The summed E-state index contributed by atoms with van der Waals surface area (Å²) < 4.78 is 48.6. The number of likely N-dealkylation sites (N-methyl/N-ethyl adjacent to an activating group) is 1. The molecule has 1 aromatic carbocycles. The average molecular weight is 306 g/mol. The minimum absolute atomic E-state index is 0.0462. The van der Waals surface area contributed by atoms with Gasteiger partial charge in [0.2, 0.25) is 0 Å². The van der Waals surface area contributed by atoms with Crippen molar-refractivity contribution in [2.45, 2.75) is 18.6 Å². The van der Waals surface area contributed by atoms with Crippen LogP contribution in [0.1, 0.15) is 22.3 Å². The zero-order valence-corrected chi connectivity index (χ0v) is 11.9. The minimum atomic E-state index is -4.55. The molecule has 0 spiro atoms. The van der Waals surface area contributed by atoms with Crippen molar-refractivity contribution in [2.24, 2.45) is 0 Å². The maximum absolute atomic E-state index is 12.6. The summed E-state index contributed by atoms with van der Waals surface area (Å²) in [7, 11) is 4.27. The number of aldehydes is 1. The van der Waals surface area contributed by atoms with E-state index in [1.807, 2.05) is 0 Å². The van der Waals surface area contributed by atoms with Crippen LogP contribution in [0.3, 0.4) is 0 Å². The minimum Gasteiger partial charge on any atom is -0.315 e. The number of carbonyl (C=O) groups excluding carboxylic acids is 1. The predicted molar refractivity (Wildman–Crippen MR) is 71.8 cm³/mol. The molecular formula is C14H18F4N2O. The summed E-state index contributed by atoms with van der Waals surface area (Å²) in [6.45, 7) is 2.37. The number of hydrogen-bond acceptors (Lipinski definition) is 3. The third-order valence-electron chi connectivity index (χ3n) is 3.21. The topological polar surface area (TPSA) is 32.3 Å². The normalized spacial score (nSPS) is 18.3. The first kappa shape index (κ1) is 17.6. The Morgan fingerprint density at radius 3 is 2.38 bits per heavy atom. The highest BCUT2D eigenvalue weighted by Crippen LogP contribution is 2.29. The number of hydrogen-bond donors (Lipinski definition) is 1. The number of carbonyl (C=O) groups is 1. The predicted octanol–water partition coefficient (Wildman–Crippen LogP) is 2.57. The molecule has 0 bridgehead atoms. The van der Waals surface area contributed by atoms with Crippen LogP contribution in [-0.2, 0) is 6.18 Å². The lowest BCUT2D eigenvalue weighted by Crippen LogP contribution is -2.29. The van der Waals surface area contributed by atoms with Gasteiger partial charge in [0.05, 0.1) is 11.1 Å². The maximum atomic E-state index is 12.6. The Labute approximate surface area is 120 Å². The van der Waals surface area contributed by atoms with Crippen LogP contribution in [0.2, 0.25) is 0 Å². The van der Waals surface area contributed by atoms with Gasteiger partial charge in [-0.15, -0.1) is 0 Å². The first-order valence-corrected chi connectivity index (χ1v) is 6.44. The van der Waals surface area contributed by atoms with Gasteiger partial charge in [0.1, 0.15) is 5.82 Å². The molecule has 1 atom stereocenters. The Hall–Kier alpha value is -1.47. The molecule has 7 heteroatoms. The van der Waals surface area contributed by atoms with E-state index in [1.165, 1.54) is 19.5 Å². The third kappa shape index (κ3) is 5.43. The van der Waals surface area contributed by atoms with Crippen molar-refractivity contribution < 1.29 is 22.4 Å². The summed E-state index contributed by atoms with van der Waals surface area (Å²) in [5.41, 5.74) is -1.62. The van der Waals surface area contributed by atoms with E-state index in [0.29, 0.717) is 18.2 Å². The van der Waals surface area contributed by atoms with E-state index in [9.17, 15) is 22.4 Å². The van der Waals surface area contributed by atoms with E-state index < -0.39 is 23.1 Å². The number of nitrogens with one attached hydrogen (secondary N) is 1. The molecule has 0 saturated carbocycles. The highest BCUT2D eigenvalue weighted by Gasteiger charge is 2.30. The Morgan fingerprint density at radius 1 is 1.33 bits per heavy atom. The molecule has 118 valence electrons. The van der Waals surface area contributed by atoms with E-state index in [2.05, 4.69) is 24.3 Å². The molecule has 1 aliphatic rings. The summed E-state index contributed by atoms with van der Waals surface area (Å²) in [6, 6.07) is 2.46. The van der Waals surface area contributed by atoms with Gasteiger partial charge in [0, 0.05) is 12.6 Å². The van der Waals surface area contributed by atoms with Gasteiger partial charge in [-0.1, -0.05) is 0 Å². The first-order chi connectivity index (χ1) is 9.75. The summed E-state index contributed by atoms with van der Waals surface area (Å²) in [5.74, 6) is -0.956. The lowest BCUT2D eigenvalue weighted by atomic mass is 10.1. The van der Waals surface area contributed by atoms with E-state index in [0.717, 1.165) is 6.04 Å². The van der Waals surface area contributed by atoms with Crippen LogP contribution in [0.25, 0.3) is 0 Å². The molecule has 0 unspecified atom stereocenters. The second-order valence-corrected chi connectivity index (χ2v) is 4.96. The monoisotopic (exact) mass is 306 g/mol. The smallest absolute Gasteiger partial charge is 0.315 e. The highest BCUT2D eigenvalue weighted by atomic mass is 19.4. The number of rotatable bonds is 2. The fourth-order valence-electron chi connectivity index (χ4n) is 1.89. The fraction of sp³-hybridized carbons (Fsp3) is 0.500. The molecular weight excluding hydrogens is 288 g/mol. The molecule has 2 rings (SSSR count). The molecule has 0 aliphatic carbocycles. The molecule has 1 heterocycles. The van der Waals surface area contributed by atoms with Crippen LogP contribution in [0.5, 0.6) is 0 Å². The zero-order chi connectivity index (χ0) is 16.0. The molecule has 1 aliphatic heterocycles. The molecule has 0 amide bonds. The van der Waals surface area contributed by atoms with Crippen molar-refractivity contribution in [3.8, 4) is 0 Å². The van der Waals surface area contributed by atoms with Crippen LogP contribution in [0.4, 0.5) is 17.6 Å². The van der Waals surface area contributed by atoms with Gasteiger partial charge in [-0.3, -0.25) is 4.79 Å². The van der Waals surface area contributed by atoms with E-state index >= 15 is 0 Å². The number of halogens is 4. The SMILES string of the molecule is CN(C)[C@H]1CCNC1.O=Cc1cc(C(F)(F)F)ccc1F. The van der Waals surface area contributed by atoms with Crippen molar-refractivity contribution in [1.82, 2.24) is 10.2 Å². The number of benzene rings is 1. The van der Waals surface area contributed by atoms with Gasteiger partial charge in [-0.2, -0.15) is 13.2 Å². The van der Waals surface area contributed by atoms with Crippen molar-refractivity contribution in [3.63, 3.8) is 0 Å². The van der Waals surface area contributed by atoms with Gasteiger partial charge in [0.25, 0.3) is 0 Å². The van der Waals surface area contributed by atoms with Crippen LogP contribution in [-0.4, -0.2) is 44.4 Å². The number of nitrogens with zero attached hydrogens (tertiary/aromatic N) is 1. The summed E-state index contributed by atoms with van der Waals surface area (Å²) >= 11 is 0. The molecule has 3 nitrogen and oxygen atoms in total. The lowest BCUT2D eigenvalue weighted by Gasteiger charge is -2.16. The van der Waals surface area contributed by atoms with Gasteiger partial charge in [-0.25, -0.2) is 4.39 Å². The summed E-state index contributed by atoms with van der Waals surface area (Å²) in [4.78, 5) is 12.4. The van der Waals surface area contributed by atoms with Crippen molar-refractivity contribution in [2.75, 3.05) is 27.2 Å². The molecule has 0 radical (unpaired) electrons. The Morgan fingerprint density at radius 2 is 2.00 bits per heavy atom. The van der Waals surface area contributed by atoms with E-state index in [1.54, 1.807) is 0 Å². The Bertz CT molecular complexity index is 469. The van der Waals surface area contributed by atoms with Gasteiger partial charge in [0.15, 0.2) is 6.29 Å². The molecule has 1 fully saturated rings. The lowest BCUT2D eigenvalue weighted by molar-refractivity contribution is -0.137. The van der Waals surface area contributed by atoms with Crippen molar-refractivity contribution in [3.05, 3.63) is 35.1 Å². The van der Waals surface area contributed by atoms with Crippen LogP contribution in [0.15, 0.2) is 18.2 Å². The van der Waals surface area contributed by atoms with Crippen molar-refractivity contribution >= 4 is 6.29 Å². The van der Waals surface area contributed by atoms with Crippen LogP contribution >= 0.6 is 0 Å². The Balaban J connectivity index is 0.000000235. The van der Waals surface area contributed by atoms with Gasteiger partial charge < -0.3 is 10.2 Å². The maximum Gasteiger partial charge on any atom is 0.416 e. The molecule has 0 aromatic heterocycles. The largest absolute Gasteiger partial charge is 0.416 e. The molecule has 1 N–H and O–H groups in total. The molecule has 21 heavy (non-hydrogen) atoms. The standard InChI is InChI=1S/C8H4F4O.C6H14N2/c9-7-2-1-6(8(10,11)12)3-5(7)4-13;1-8(2)6-3-4-7-5-6/h1-4H;6-7H,3-5H2,1-2H3/t;6-/m.0/s1. The van der Waals surface area contributed by atoms with Gasteiger partial charge in [-0.05, 0) is 45.3 Å². The first-order valence-electron chi connectivity index (χ1n) is 6.44. The second kappa shape index (κ2) is 7.51. The second-order valence-electron chi connectivity index (χ2n) is 4.96. The van der Waals surface area contributed by atoms with Gasteiger partial charge >= 0.3 is 6.18 Å². The molecule has 1 aromatic rings. The average Bonchev–Trinajstić information content (AvgIpc) is 2.92. The van der Waals surface area contributed by atoms with Crippen LogP contribution < -0.4 is 5.32 Å². The summed E-state index contributed by atoms with van der Waals surface area (Å²) in [6.07, 6.45) is -3.19. The van der Waals surface area contributed by atoms with Crippen LogP contribution in [0, 0.1) is 5.82 Å². The zero-order valence-electron chi connectivity index (χ0n) is 11.9.